The van der Waals surface area contributed by atoms with Gasteiger partial charge in [-0.3, -0.25) is 0 Å². The molecular weight excluding hydrogens is 561 g/mol. The van der Waals surface area contributed by atoms with Crippen LogP contribution in [-0.4, -0.2) is 41.0 Å². The number of piperidine rings is 1. The van der Waals surface area contributed by atoms with Crippen LogP contribution in [0.1, 0.15) is 94.4 Å². The molecule has 0 radical (unpaired) electrons. The molecule has 0 amide bonds. The van der Waals surface area contributed by atoms with Gasteiger partial charge in [0.25, 0.3) is 5.92 Å². The molecule has 1 N–H and O–H groups in total. The van der Waals surface area contributed by atoms with E-state index in [1.54, 1.807) is 13.0 Å². The van der Waals surface area contributed by atoms with Crippen LogP contribution in [0.4, 0.5) is 24.8 Å². The topological polar surface area (TPSA) is 68.1 Å². The molecule has 44 heavy (non-hydrogen) atoms. The Kier molecular flexibility index (Phi) is 8.49. The van der Waals surface area contributed by atoms with Crippen molar-refractivity contribution in [2.75, 3.05) is 36.4 Å². The molecule has 8 bridgehead atoms. The van der Waals surface area contributed by atoms with Crippen molar-refractivity contribution in [3.05, 3.63) is 64.9 Å². The van der Waals surface area contributed by atoms with Crippen molar-refractivity contribution < 1.29 is 13.2 Å². The van der Waals surface area contributed by atoms with Gasteiger partial charge in [-0.05, 0) is 76.1 Å². The van der Waals surface area contributed by atoms with E-state index in [-0.39, 0.29) is 5.56 Å². The standard InChI is InChI=1S/C35H43F3N6/c1-23-9-6-4-5-7-16-44-25(3)30(34(21-39)14-15-34)19-28-32(40-22-41-33(28)44)42-24(2)27-10-8-11-29(31(27)36)35(37,38)26-12-17-43(20-23)18-13-26/h8,10-11,19,22-24,26H,3-7,9,12-18,20H2,1-2H3,(H,40,41,42)/t23?,24-/m1/s1. The number of alkyl halides is 2. The maximum Gasteiger partial charge on any atom is 0.278 e. The first-order valence-electron chi connectivity index (χ1n) is 16.3. The zero-order valence-corrected chi connectivity index (χ0v) is 25.9. The van der Waals surface area contributed by atoms with Crippen LogP contribution < -0.4 is 10.2 Å². The smallest absolute Gasteiger partial charge is 0.278 e. The molecule has 1 aromatic heterocycles. The minimum absolute atomic E-state index is 0.167. The third kappa shape index (κ3) is 5.74. The number of nitrogens with one attached hydrogen (secondary N) is 1. The second kappa shape index (κ2) is 12.2. The third-order valence-electron chi connectivity index (χ3n) is 10.2. The highest BCUT2D eigenvalue weighted by Crippen LogP contribution is 2.56. The molecule has 2 aromatic rings. The number of halogens is 3. The second-order valence-corrected chi connectivity index (χ2v) is 13.4. The van der Waals surface area contributed by atoms with Gasteiger partial charge in [-0.25, -0.2) is 23.1 Å². The monoisotopic (exact) mass is 604 g/mol. The molecule has 1 saturated carbocycles. The molecule has 2 atom stereocenters. The normalized spacial score (nSPS) is 28.5. The van der Waals surface area contributed by atoms with Gasteiger partial charge in [-0.15, -0.1) is 0 Å². The van der Waals surface area contributed by atoms with Crippen LogP contribution in [0.25, 0.3) is 6.08 Å². The molecule has 1 aromatic carbocycles. The fourth-order valence-electron chi connectivity index (χ4n) is 7.34. The number of aromatic nitrogens is 2. The van der Waals surface area contributed by atoms with Crippen LogP contribution in [0.2, 0.25) is 0 Å². The van der Waals surface area contributed by atoms with Gasteiger partial charge in [0.05, 0.1) is 28.7 Å². The lowest BCUT2D eigenvalue weighted by Crippen LogP contribution is -2.41. The van der Waals surface area contributed by atoms with Gasteiger partial charge >= 0.3 is 0 Å². The van der Waals surface area contributed by atoms with Crippen molar-refractivity contribution in [1.29, 1.82) is 5.26 Å². The third-order valence-corrected chi connectivity index (χ3v) is 10.2. The number of hydrogen-bond acceptors (Lipinski definition) is 6. The number of nitriles is 1. The van der Waals surface area contributed by atoms with Crippen LogP contribution in [-0.2, 0) is 5.92 Å². The van der Waals surface area contributed by atoms with Gasteiger partial charge in [-0.1, -0.05) is 51.0 Å². The number of allylic oxidation sites excluding steroid dienone is 1. The Morgan fingerprint density at radius 1 is 1.02 bits per heavy atom. The highest BCUT2D eigenvalue weighted by atomic mass is 19.3. The predicted octanol–water partition coefficient (Wildman–Crippen LogP) is 8.21. The summed E-state index contributed by atoms with van der Waals surface area (Å²) in [7, 11) is 0. The largest absolute Gasteiger partial charge is 0.363 e. The summed E-state index contributed by atoms with van der Waals surface area (Å²) in [6.45, 7) is 11.3. The first kappa shape index (κ1) is 30.6. The van der Waals surface area contributed by atoms with Gasteiger partial charge in [0.1, 0.15) is 23.8 Å². The van der Waals surface area contributed by atoms with E-state index in [1.807, 2.05) is 6.08 Å². The molecule has 0 spiro atoms. The fourth-order valence-corrected chi connectivity index (χ4v) is 7.34. The first-order valence-corrected chi connectivity index (χ1v) is 16.3. The summed E-state index contributed by atoms with van der Waals surface area (Å²) in [5.41, 5.74) is 1.44. The van der Waals surface area contributed by atoms with E-state index in [1.165, 1.54) is 18.5 Å². The number of benzene rings is 1. The summed E-state index contributed by atoms with van der Waals surface area (Å²) in [6, 6.07) is 6.18. The summed E-state index contributed by atoms with van der Waals surface area (Å²) < 4.78 is 47.9. The van der Waals surface area contributed by atoms with Crippen LogP contribution in [0.15, 0.2) is 42.4 Å². The van der Waals surface area contributed by atoms with Crippen molar-refractivity contribution >= 4 is 17.7 Å². The molecule has 1 saturated heterocycles. The summed E-state index contributed by atoms with van der Waals surface area (Å²) in [6.07, 6.45) is 11.0. The number of anilines is 2. The SMILES string of the molecule is C=C1C(C2(C#N)CC2)=Cc2c3ncnc2N1CCCCCCC(C)CN1CCC(CC1)C(F)(F)c1cccc(c1F)[C@@H](C)N3. The van der Waals surface area contributed by atoms with Crippen molar-refractivity contribution in [2.24, 2.45) is 17.3 Å². The highest BCUT2D eigenvalue weighted by Gasteiger charge is 2.50. The molecule has 234 valence electrons. The number of nitrogens with zero attached hydrogens (tertiary/aromatic N) is 5. The number of hydrogen-bond donors (Lipinski definition) is 1. The molecule has 1 aliphatic carbocycles. The van der Waals surface area contributed by atoms with Crippen molar-refractivity contribution in [1.82, 2.24) is 14.9 Å². The van der Waals surface area contributed by atoms with Gasteiger partial charge in [0.15, 0.2) is 0 Å². The molecule has 7 rings (SSSR count). The Labute approximate surface area is 259 Å². The lowest BCUT2D eigenvalue weighted by molar-refractivity contribution is -0.0886. The Hall–Kier alpha value is -3.38. The molecule has 4 aliphatic heterocycles. The quantitative estimate of drug-likeness (QED) is 0.354. The van der Waals surface area contributed by atoms with Gasteiger partial charge < -0.3 is 15.1 Å². The Balaban J connectivity index is 1.37. The zero-order valence-electron chi connectivity index (χ0n) is 25.9. The molecule has 5 heterocycles. The summed E-state index contributed by atoms with van der Waals surface area (Å²) in [4.78, 5) is 13.5. The van der Waals surface area contributed by atoms with Gasteiger partial charge in [0, 0.05) is 30.3 Å². The second-order valence-electron chi connectivity index (χ2n) is 13.4. The summed E-state index contributed by atoms with van der Waals surface area (Å²) in [5, 5.41) is 13.4. The average Bonchev–Trinajstić information content (AvgIpc) is 3.80. The van der Waals surface area contributed by atoms with Crippen LogP contribution >= 0.6 is 0 Å². The van der Waals surface area contributed by atoms with Gasteiger partial charge in [0.2, 0.25) is 0 Å². The van der Waals surface area contributed by atoms with Crippen molar-refractivity contribution in [3.8, 4) is 6.07 Å². The van der Waals surface area contributed by atoms with E-state index in [4.69, 9.17) is 0 Å². The maximum absolute atomic E-state index is 16.0. The lowest BCUT2D eigenvalue weighted by Gasteiger charge is -2.37. The van der Waals surface area contributed by atoms with Crippen LogP contribution in [0.5, 0.6) is 0 Å². The van der Waals surface area contributed by atoms with Gasteiger partial charge in [-0.2, -0.15) is 5.26 Å². The Morgan fingerprint density at radius 3 is 2.50 bits per heavy atom. The lowest BCUT2D eigenvalue weighted by atomic mass is 9.85. The van der Waals surface area contributed by atoms with Crippen molar-refractivity contribution in [2.45, 2.75) is 83.6 Å². The maximum atomic E-state index is 16.0. The number of rotatable bonds is 1. The highest BCUT2D eigenvalue weighted by molar-refractivity contribution is 5.84. The minimum Gasteiger partial charge on any atom is -0.363 e. The fraction of sp³-hybridized carbons (Fsp3) is 0.571. The van der Waals surface area contributed by atoms with E-state index < -0.39 is 34.7 Å². The zero-order chi connectivity index (χ0) is 31.1. The molecule has 6 nitrogen and oxygen atoms in total. The molecule has 5 aliphatic rings. The number of fused-ring (bicyclic) bond motifs is 10. The van der Waals surface area contributed by atoms with E-state index in [2.05, 4.69) is 44.7 Å². The summed E-state index contributed by atoms with van der Waals surface area (Å²) in [5.74, 6) is -3.37. The van der Waals surface area contributed by atoms with E-state index in [9.17, 15) is 5.26 Å². The van der Waals surface area contributed by atoms with Crippen molar-refractivity contribution in [3.63, 3.8) is 0 Å². The summed E-state index contributed by atoms with van der Waals surface area (Å²) >= 11 is 0. The molecule has 2 fully saturated rings. The minimum atomic E-state index is -3.27. The first-order chi connectivity index (χ1) is 21.1. The molecule has 9 heteroatoms. The van der Waals surface area contributed by atoms with E-state index >= 15 is 13.2 Å². The molecule has 1 unspecified atom stereocenters. The Morgan fingerprint density at radius 2 is 1.77 bits per heavy atom. The van der Waals surface area contributed by atoms with Crippen LogP contribution in [0, 0.1) is 34.4 Å². The van der Waals surface area contributed by atoms with E-state index in [0.717, 1.165) is 62.8 Å². The van der Waals surface area contributed by atoms with Crippen LogP contribution in [0.3, 0.4) is 0 Å². The predicted molar refractivity (Wildman–Crippen MR) is 168 cm³/mol. The molecular formula is C35H43F3N6. The Bertz CT molecular complexity index is 1470. The van der Waals surface area contributed by atoms with E-state index in [0.29, 0.717) is 55.6 Å². The average molecular weight is 605 g/mol.